The number of para-hydroxylation sites is 1. The molecule has 1 aromatic carbocycles. The predicted octanol–water partition coefficient (Wildman–Crippen LogP) is 1.90. The molecule has 1 heterocycles. The molecular formula is C14H19N3O. The second kappa shape index (κ2) is 5.80. The van der Waals surface area contributed by atoms with Crippen LogP contribution >= 0.6 is 0 Å². The molecule has 2 atom stereocenters. The van der Waals surface area contributed by atoms with Gasteiger partial charge in [-0.1, -0.05) is 18.2 Å². The SMILES string of the molecule is CC(CO)NC(C)c1cnn(-c2ccccc2)c1. The van der Waals surface area contributed by atoms with E-state index >= 15 is 0 Å². The van der Waals surface area contributed by atoms with Gasteiger partial charge in [-0.15, -0.1) is 0 Å². The van der Waals surface area contributed by atoms with Gasteiger partial charge in [0.15, 0.2) is 0 Å². The van der Waals surface area contributed by atoms with Crippen molar-refractivity contribution >= 4 is 0 Å². The molecule has 0 bridgehead atoms. The predicted molar refractivity (Wildman–Crippen MR) is 71.7 cm³/mol. The molecule has 2 unspecified atom stereocenters. The number of hydrogen-bond acceptors (Lipinski definition) is 3. The van der Waals surface area contributed by atoms with Crippen LogP contribution in [0.2, 0.25) is 0 Å². The van der Waals surface area contributed by atoms with E-state index in [4.69, 9.17) is 5.11 Å². The van der Waals surface area contributed by atoms with Gasteiger partial charge >= 0.3 is 0 Å². The summed E-state index contributed by atoms with van der Waals surface area (Å²) in [6, 6.07) is 10.3. The molecule has 96 valence electrons. The summed E-state index contributed by atoms with van der Waals surface area (Å²) in [4.78, 5) is 0. The van der Waals surface area contributed by atoms with Crippen molar-refractivity contribution in [3.8, 4) is 5.69 Å². The lowest BCUT2D eigenvalue weighted by Gasteiger charge is -2.16. The standard InChI is InChI=1S/C14H19N3O/c1-11(10-18)16-12(2)13-8-15-17(9-13)14-6-4-3-5-7-14/h3-9,11-12,16,18H,10H2,1-2H3. The number of rotatable bonds is 5. The van der Waals surface area contributed by atoms with Gasteiger partial charge in [-0.3, -0.25) is 0 Å². The van der Waals surface area contributed by atoms with Gasteiger partial charge in [-0.2, -0.15) is 5.10 Å². The van der Waals surface area contributed by atoms with Crippen molar-refractivity contribution in [1.82, 2.24) is 15.1 Å². The van der Waals surface area contributed by atoms with Gasteiger partial charge in [0.2, 0.25) is 0 Å². The molecule has 0 aliphatic heterocycles. The summed E-state index contributed by atoms with van der Waals surface area (Å²) in [5.41, 5.74) is 2.16. The van der Waals surface area contributed by atoms with Crippen LogP contribution < -0.4 is 5.32 Å². The summed E-state index contributed by atoms with van der Waals surface area (Å²) in [7, 11) is 0. The minimum atomic E-state index is 0.0834. The molecule has 0 saturated carbocycles. The lowest BCUT2D eigenvalue weighted by atomic mass is 10.1. The third kappa shape index (κ3) is 2.97. The average Bonchev–Trinajstić information content (AvgIpc) is 2.89. The van der Waals surface area contributed by atoms with Crippen molar-refractivity contribution in [3.63, 3.8) is 0 Å². The Labute approximate surface area is 107 Å². The molecule has 2 rings (SSSR count). The van der Waals surface area contributed by atoms with Gasteiger partial charge < -0.3 is 10.4 Å². The van der Waals surface area contributed by atoms with E-state index in [0.717, 1.165) is 11.3 Å². The van der Waals surface area contributed by atoms with Crippen LogP contribution in [0, 0.1) is 0 Å². The molecular weight excluding hydrogens is 226 g/mol. The van der Waals surface area contributed by atoms with Gasteiger partial charge in [0.25, 0.3) is 0 Å². The maximum absolute atomic E-state index is 9.03. The van der Waals surface area contributed by atoms with E-state index in [-0.39, 0.29) is 18.7 Å². The van der Waals surface area contributed by atoms with Gasteiger partial charge in [0.05, 0.1) is 18.5 Å². The number of aliphatic hydroxyl groups is 1. The Morgan fingerprint density at radius 3 is 2.67 bits per heavy atom. The molecule has 0 radical (unpaired) electrons. The van der Waals surface area contributed by atoms with E-state index in [1.54, 1.807) is 0 Å². The van der Waals surface area contributed by atoms with Crippen molar-refractivity contribution in [2.75, 3.05) is 6.61 Å². The van der Waals surface area contributed by atoms with Crippen LogP contribution in [0.15, 0.2) is 42.7 Å². The highest BCUT2D eigenvalue weighted by Crippen LogP contribution is 2.14. The summed E-state index contributed by atoms with van der Waals surface area (Å²) in [5.74, 6) is 0. The molecule has 0 aliphatic rings. The Bertz CT molecular complexity index is 481. The zero-order valence-corrected chi connectivity index (χ0v) is 10.7. The van der Waals surface area contributed by atoms with Crippen molar-refractivity contribution in [2.24, 2.45) is 0 Å². The highest BCUT2D eigenvalue weighted by molar-refractivity contribution is 5.31. The third-order valence-corrected chi connectivity index (χ3v) is 2.93. The Kier molecular flexibility index (Phi) is 4.12. The number of benzene rings is 1. The van der Waals surface area contributed by atoms with Gasteiger partial charge in [0.1, 0.15) is 0 Å². The topological polar surface area (TPSA) is 50.1 Å². The van der Waals surface area contributed by atoms with E-state index in [1.165, 1.54) is 0 Å². The van der Waals surface area contributed by atoms with Crippen LogP contribution in [0.25, 0.3) is 5.69 Å². The molecule has 4 nitrogen and oxygen atoms in total. The smallest absolute Gasteiger partial charge is 0.0645 e. The molecule has 0 aliphatic carbocycles. The normalized spacial score (nSPS) is 14.4. The zero-order chi connectivity index (χ0) is 13.0. The minimum Gasteiger partial charge on any atom is -0.395 e. The number of aliphatic hydroxyl groups excluding tert-OH is 1. The highest BCUT2D eigenvalue weighted by atomic mass is 16.3. The molecule has 18 heavy (non-hydrogen) atoms. The number of hydrogen-bond donors (Lipinski definition) is 2. The van der Waals surface area contributed by atoms with Gasteiger partial charge in [-0.25, -0.2) is 4.68 Å². The van der Waals surface area contributed by atoms with Crippen LogP contribution in [0.4, 0.5) is 0 Å². The van der Waals surface area contributed by atoms with E-state index in [2.05, 4.69) is 17.3 Å². The fourth-order valence-corrected chi connectivity index (χ4v) is 1.86. The Balaban J connectivity index is 2.11. The summed E-state index contributed by atoms with van der Waals surface area (Å²) in [5, 5.41) is 16.7. The first-order chi connectivity index (χ1) is 8.70. The van der Waals surface area contributed by atoms with Crippen LogP contribution in [-0.2, 0) is 0 Å². The average molecular weight is 245 g/mol. The zero-order valence-electron chi connectivity index (χ0n) is 10.7. The molecule has 0 saturated heterocycles. The second-order valence-electron chi connectivity index (χ2n) is 4.53. The Morgan fingerprint density at radius 1 is 1.28 bits per heavy atom. The lowest BCUT2D eigenvalue weighted by molar-refractivity contribution is 0.243. The number of nitrogens with zero attached hydrogens (tertiary/aromatic N) is 2. The monoisotopic (exact) mass is 245 g/mol. The van der Waals surface area contributed by atoms with Crippen molar-refractivity contribution in [3.05, 3.63) is 48.3 Å². The summed E-state index contributed by atoms with van der Waals surface area (Å²) in [6.45, 7) is 4.16. The molecule has 0 amide bonds. The highest BCUT2D eigenvalue weighted by Gasteiger charge is 2.11. The van der Waals surface area contributed by atoms with E-state index in [0.29, 0.717) is 0 Å². The van der Waals surface area contributed by atoms with E-state index in [1.807, 2.05) is 54.3 Å². The van der Waals surface area contributed by atoms with Crippen LogP contribution in [0.3, 0.4) is 0 Å². The van der Waals surface area contributed by atoms with E-state index in [9.17, 15) is 0 Å². The van der Waals surface area contributed by atoms with Crippen molar-refractivity contribution in [1.29, 1.82) is 0 Å². The largest absolute Gasteiger partial charge is 0.395 e. The van der Waals surface area contributed by atoms with Crippen molar-refractivity contribution in [2.45, 2.75) is 25.9 Å². The van der Waals surface area contributed by atoms with Crippen molar-refractivity contribution < 1.29 is 5.11 Å². The Hall–Kier alpha value is -1.65. The molecule has 0 spiro atoms. The Morgan fingerprint density at radius 2 is 2.00 bits per heavy atom. The number of aromatic nitrogens is 2. The maximum Gasteiger partial charge on any atom is 0.0645 e. The van der Waals surface area contributed by atoms with Crippen LogP contribution in [0.5, 0.6) is 0 Å². The quantitative estimate of drug-likeness (QED) is 0.846. The molecule has 0 fully saturated rings. The maximum atomic E-state index is 9.03. The summed E-state index contributed by atoms with van der Waals surface area (Å²) < 4.78 is 1.86. The first-order valence-corrected chi connectivity index (χ1v) is 6.17. The number of nitrogens with one attached hydrogen (secondary N) is 1. The molecule has 4 heteroatoms. The second-order valence-corrected chi connectivity index (χ2v) is 4.53. The van der Waals surface area contributed by atoms with Gasteiger partial charge in [-0.05, 0) is 26.0 Å². The third-order valence-electron chi connectivity index (χ3n) is 2.93. The van der Waals surface area contributed by atoms with Crippen LogP contribution in [-0.4, -0.2) is 27.5 Å². The molecule has 2 aromatic rings. The summed E-state index contributed by atoms with van der Waals surface area (Å²) >= 11 is 0. The molecule has 2 N–H and O–H groups in total. The fourth-order valence-electron chi connectivity index (χ4n) is 1.86. The summed E-state index contributed by atoms with van der Waals surface area (Å²) in [6.07, 6.45) is 3.87. The van der Waals surface area contributed by atoms with Gasteiger partial charge in [0, 0.05) is 23.8 Å². The first kappa shape index (κ1) is 12.8. The molecule has 1 aromatic heterocycles. The first-order valence-electron chi connectivity index (χ1n) is 6.17. The fraction of sp³-hybridized carbons (Fsp3) is 0.357. The van der Waals surface area contributed by atoms with Crippen LogP contribution in [0.1, 0.15) is 25.5 Å². The minimum absolute atomic E-state index is 0.0834. The van der Waals surface area contributed by atoms with E-state index < -0.39 is 0 Å². The lowest BCUT2D eigenvalue weighted by Crippen LogP contribution is -2.31.